The van der Waals surface area contributed by atoms with Gasteiger partial charge in [0.05, 0.1) is 12.1 Å². The molecule has 4 rings (SSSR count). The lowest BCUT2D eigenvalue weighted by molar-refractivity contribution is -0.117. The van der Waals surface area contributed by atoms with E-state index in [1.165, 1.54) is 4.88 Å². The van der Waals surface area contributed by atoms with Crippen LogP contribution >= 0.6 is 11.3 Å². The molecule has 2 aromatic rings. The first-order valence-electron chi connectivity index (χ1n) is 12.1. The standard InChI is InChI=1S/C26H33N5O2S/c1-18-6-5-8-22(19(18)2)28-25(33)17-31-14-12-30(13-15-31)11-10-24(32)29-26-21(16-27)20-7-3-4-9-23(20)34-26/h5-6,8H,3-4,7,9-15,17H2,1-2H3,(H,28,33)(H,29,32). The van der Waals surface area contributed by atoms with Crippen LogP contribution in [0.15, 0.2) is 18.2 Å². The number of thiophene rings is 1. The van der Waals surface area contributed by atoms with Crippen molar-refractivity contribution in [1.82, 2.24) is 9.80 Å². The normalized spacial score (nSPS) is 16.5. The van der Waals surface area contributed by atoms with Crippen molar-refractivity contribution in [2.24, 2.45) is 0 Å². The topological polar surface area (TPSA) is 88.5 Å². The Morgan fingerprint density at radius 1 is 1.03 bits per heavy atom. The maximum Gasteiger partial charge on any atom is 0.238 e. The third-order valence-corrected chi connectivity index (χ3v) is 8.11. The van der Waals surface area contributed by atoms with Crippen molar-refractivity contribution >= 4 is 33.8 Å². The van der Waals surface area contributed by atoms with Crippen molar-refractivity contribution in [3.8, 4) is 6.07 Å². The van der Waals surface area contributed by atoms with Gasteiger partial charge in [0, 0.05) is 49.7 Å². The van der Waals surface area contributed by atoms with Gasteiger partial charge in [-0.2, -0.15) is 5.26 Å². The van der Waals surface area contributed by atoms with Gasteiger partial charge in [-0.3, -0.25) is 14.5 Å². The van der Waals surface area contributed by atoms with Crippen LogP contribution < -0.4 is 10.6 Å². The Balaban J connectivity index is 1.19. The number of nitrogens with zero attached hydrogens (tertiary/aromatic N) is 3. The zero-order valence-electron chi connectivity index (χ0n) is 20.1. The van der Waals surface area contributed by atoms with Crippen LogP contribution in [0.5, 0.6) is 0 Å². The molecule has 1 fully saturated rings. The number of benzene rings is 1. The molecular formula is C26H33N5O2S. The number of rotatable bonds is 7. The van der Waals surface area contributed by atoms with Crippen molar-refractivity contribution in [2.75, 3.05) is 49.9 Å². The SMILES string of the molecule is Cc1cccc(NC(=O)CN2CCN(CCC(=O)Nc3sc4c(c3C#N)CCCC4)CC2)c1C. The summed E-state index contributed by atoms with van der Waals surface area (Å²) in [5.74, 6) is -0.0288. The molecule has 0 unspecified atom stereocenters. The maximum absolute atomic E-state index is 12.6. The second-order valence-corrected chi connectivity index (χ2v) is 10.3. The number of piperazine rings is 1. The number of nitrogens with one attached hydrogen (secondary N) is 2. The number of amides is 2. The lowest BCUT2D eigenvalue weighted by atomic mass is 9.96. The molecule has 1 aromatic carbocycles. The molecule has 0 bridgehead atoms. The van der Waals surface area contributed by atoms with E-state index >= 15 is 0 Å². The first-order chi connectivity index (χ1) is 16.4. The molecule has 1 aromatic heterocycles. The third kappa shape index (κ3) is 5.84. The predicted molar refractivity (Wildman–Crippen MR) is 136 cm³/mol. The zero-order chi connectivity index (χ0) is 24.1. The highest BCUT2D eigenvalue weighted by atomic mass is 32.1. The van der Waals surface area contributed by atoms with Gasteiger partial charge in [0.15, 0.2) is 0 Å². The average molecular weight is 480 g/mol. The molecule has 0 spiro atoms. The molecule has 2 amide bonds. The number of hydrogen-bond acceptors (Lipinski definition) is 6. The maximum atomic E-state index is 12.6. The summed E-state index contributed by atoms with van der Waals surface area (Å²) in [4.78, 5) is 30.8. The Hall–Kier alpha value is -2.73. The number of carbonyl (C=O) groups is 2. The van der Waals surface area contributed by atoms with E-state index in [1.54, 1.807) is 11.3 Å². The number of aryl methyl sites for hydroxylation is 2. The molecular weight excluding hydrogens is 446 g/mol. The first kappa shape index (κ1) is 24.4. The van der Waals surface area contributed by atoms with E-state index in [9.17, 15) is 14.9 Å². The summed E-state index contributed by atoms with van der Waals surface area (Å²) >= 11 is 1.57. The smallest absolute Gasteiger partial charge is 0.238 e. The van der Waals surface area contributed by atoms with E-state index in [0.29, 0.717) is 25.1 Å². The fourth-order valence-electron chi connectivity index (χ4n) is 4.67. The molecule has 1 saturated heterocycles. The summed E-state index contributed by atoms with van der Waals surface area (Å²) in [6.45, 7) is 8.40. The fourth-order valence-corrected chi connectivity index (χ4v) is 5.93. The van der Waals surface area contributed by atoms with Gasteiger partial charge in [-0.1, -0.05) is 12.1 Å². The highest BCUT2D eigenvalue weighted by Crippen LogP contribution is 2.37. The molecule has 2 aliphatic rings. The molecule has 2 N–H and O–H groups in total. The Morgan fingerprint density at radius 3 is 2.53 bits per heavy atom. The largest absolute Gasteiger partial charge is 0.325 e. The van der Waals surface area contributed by atoms with Gasteiger partial charge in [0.25, 0.3) is 0 Å². The third-order valence-electron chi connectivity index (χ3n) is 6.90. The second kappa shape index (κ2) is 11.1. The van der Waals surface area contributed by atoms with Gasteiger partial charge in [0.2, 0.25) is 11.8 Å². The van der Waals surface area contributed by atoms with Crippen molar-refractivity contribution < 1.29 is 9.59 Å². The van der Waals surface area contributed by atoms with Crippen molar-refractivity contribution in [2.45, 2.75) is 46.0 Å². The highest BCUT2D eigenvalue weighted by Gasteiger charge is 2.23. The lowest BCUT2D eigenvalue weighted by Crippen LogP contribution is -2.49. The van der Waals surface area contributed by atoms with Crippen LogP contribution in [0.2, 0.25) is 0 Å². The van der Waals surface area contributed by atoms with Crippen LogP contribution in [0.25, 0.3) is 0 Å². The molecule has 2 heterocycles. The van der Waals surface area contributed by atoms with Gasteiger partial charge in [0.1, 0.15) is 11.1 Å². The van der Waals surface area contributed by atoms with Crippen molar-refractivity contribution in [3.05, 3.63) is 45.3 Å². The summed E-state index contributed by atoms with van der Waals surface area (Å²) in [7, 11) is 0. The van der Waals surface area contributed by atoms with Crippen LogP contribution in [-0.4, -0.2) is 60.9 Å². The summed E-state index contributed by atoms with van der Waals surface area (Å²) in [6, 6.07) is 8.24. The Bertz CT molecular complexity index is 1100. The van der Waals surface area contributed by atoms with E-state index in [-0.39, 0.29) is 11.8 Å². The van der Waals surface area contributed by atoms with Gasteiger partial charge in [-0.15, -0.1) is 11.3 Å². The van der Waals surface area contributed by atoms with E-state index in [4.69, 9.17) is 0 Å². The Morgan fingerprint density at radius 2 is 1.76 bits per heavy atom. The summed E-state index contributed by atoms with van der Waals surface area (Å²) in [5, 5.41) is 16.3. The molecule has 0 radical (unpaired) electrons. The molecule has 34 heavy (non-hydrogen) atoms. The molecule has 180 valence electrons. The molecule has 1 aliphatic carbocycles. The van der Waals surface area contributed by atoms with Gasteiger partial charge >= 0.3 is 0 Å². The van der Waals surface area contributed by atoms with E-state index < -0.39 is 0 Å². The minimum atomic E-state index is -0.0366. The van der Waals surface area contributed by atoms with E-state index in [1.807, 2.05) is 32.0 Å². The van der Waals surface area contributed by atoms with Crippen LogP contribution in [0.3, 0.4) is 0 Å². The van der Waals surface area contributed by atoms with Crippen LogP contribution in [0, 0.1) is 25.2 Å². The molecule has 8 heteroatoms. The summed E-state index contributed by atoms with van der Waals surface area (Å²) in [6.07, 6.45) is 4.63. The number of fused-ring (bicyclic) bond motifs is 1. The van der Waals surface area contributed by atoms with Gasteiger partial charge < -0.3 is 15.5 Å². The quantitative estimate of drug-likeness (QED) is 0.632. The number of hydrogen-bond donors (Lipinski definition) is 2. The number of nitriles is 1. The Labute approximate surface area is 205 Å². The van der Waals surface area contributed by atoms with Crippen LogP contribution in [-0.2, 0) is 22.4 Å². The molecule has 0 saturated carbocycles. The van der Waals surface area contributed by atoms with Gasteiger partial charge in [-0.05, 0) is 62.3 Å². The van der Waals surface area contributed by atoms with E-state index in [0.717, 1.165) is 79.2 Å². The Kier molecular flexibility index (Phi) is 7.99. The van der Waals surface area contributed by atoms with Crippen LogP contribution in [0.4, 0.5) is 10.7 Å². The molecule has 0 atom stereocenters. The monoisotopic (exact) mass is 479 g/mol. The molecule has 7 nitrogen and oxygen atoms in total. The lowest BCUT2D eigenvalue weighted by Gasteiger charge is -2.34. The zero-order valence-corrected chi connectivity index (χ0v) is 20.9. The average Bonchev–Trinajstić information content (AvgIpc) is 3.18. The highest BCUT2D eigenvalue weighted by molar-refractivity contribution is 7.16. The summed E-state index contributed by atoms with van der Waals surface area (Å²) in [5.41, 5.74) is 4.95. The fraction of sp³-hybridized carbons (Fsp3) is 0.500. The first-order valence-corrected chi connectivity index (χ1v) is 12.9. The minimum absolute atomic E-state index is 0.00784. The van der Waals surface area contributed by atoms with Gasteiger partial charge in [-0.25, -0.2) is 0 Å². The number of carbonyl (C=O) groups excluding carboxylic acids is 2. The van der Waals surface area contributed by atoms with E-state index in [2.05, 4.69) is 26.5 Å². The second-order valence-electron chi connectivity index (χ2n) is 9.24. The molecule has 1 aliphatic heterocycles. The number of anilines is 2. The van der Waals surface area contributed by atoms with Crippen molar-refractivity contribution in [1.29, 1.82) is 5.26 Å². The van der Waals surface area contributed by atoms with Crippen molar-refractivity contribution in [3.63, 3.8) is 0 Å². The summed E-state index contributed by atoms with van der Waals surface area (Å²) < 4.78 is 0. The predicted octanol–water partition coefficient (Wildman–Crippen LogP) is 3.70. The minimum Gasteiger partial charge on any atom is -0.325 e. The van der Waals surface area contributed by atoms with Crippen LogP contribution in [0.1, 0.15) is 46.4 Å².